The van der Waals surface area contributed by atoms with E-state index in [0.29, 0.717) is 12.6 Å². The summed E-state index contributed by atoms with van der Waals surface area (Å²) in [4.78, 5) is 12.2. The number of hydrogen-bond donors (Lipinski definition) is 2. The van der Waals surface area contributed by atoms with E-state index in [1.807, 2.05) is 37.3 Å². The van der Waals surface area contributed by atoms with Crippen molar-refractivity contribution in [3.05, 3.63) is 42.5 Å². The van der Waals surface area contributed by atoms with Gasteiger partial charge in [-0.15, -0.1) is 0 Å². The van der Waals surface area contributed by atoms with Gasteiger partial charge in [0, 0.05) is 28.7 Å². The van der Waals surface area contributed by atoms with Gasteiger partial charge in [-0.05, 0) is 69.7 Å². The first kappa shape index (κ1) is 21.7. The second kappa shape index (κ2) is 9.38. The molecule has 1 amide bonds. The molecule has 5 rings (SSSR count). The van der Waals surface area contributed by atoms with Crippen molar-refractivity contribution in [3.63, 3.8) is 0 Å². The number of benzene rings is 2. The van der Waals surface area contributed by atoms with Gasteiger partial charge in [-0.1, -0.05) is 25.0 Å². The Hall–Kier alpha value is -3.15. The fraction of sp³-hybridized carbons (Fsp3) is 0.444. The van der Waals surface area contributed by atoms with Crippen LogP contribution in [-0.4, -0.2) is 23.4 Å². The summed E-state index contributed by atoms with van der Waals surface area (Å²) in [7, 11) is 0. The van der Waals surface area contributed by atoms with Crippen molar-refractivity contribution < 1.29 is 14.3 Å². The molecular weight excluding hydrogens is 414 g/mol. The number of carbonyl (C=O) groups excluding carboxylic acids is 1. The van der Waals surface area contributed by atoms with Crippen molar-refractivity contribution in [1.82, 2.24) is 4.57 Å². The van der Waals surface area contributed by atoms with Crippen LogP contribution in [0.2, 0.25) is 0 Å². The highest BCUT2D eigenvalue weighted by Gasteiger charge is 2.25. The van der Waals surface area contributed by atoms with E-state index in [4.69, 9.17) is 15.2 Å². The summed E-state index contributed by atoms with van der Waals surface area (Å²) in [5.41, 5.74) is 11.5. The second-order valence-electron chi connectivity index (χ2n) is 9.20. The molecule has 2 fully saturated rings. The van der Waals surface area contributed by atoms with Crippen molar-refractivity contribution in [2.24, 2.45) is 0 Å². The highest BCUT2D eigenvalue weighted by atomic mass is 16.6. The first-order valence-electron chi connectivity index (χ1n) is 12.3. The molecule has 2 saturated carbocycles. The molecule has 6 heteroatoms. The van der Waals surface area contributed by atoms with Crippen LogP contribution in [0.5, 0.6) is 5.75 Å². The van der Waals surface area contributed by atoms with Gasteiger partial charge in [-0.25, -0.2) is 4.79 Å². The van der Waals surface area contributed by atoms with Crippen LogP contribution in [0.4, 0.5) is 16.2 Å². The lowest BCUT2D eigenvalue weighted by molar-refractivity contribution is 0.114. The fourth-order valence-corrected chi connectivity index (χ4v) is 5.43. The van der Waals surface area contributed by atoms with E-state index in [0.717, 1.165) is 77.8 Å². The van der Waals surface area contributed by atoms with Gasteiger partial charge in [0.2, 0.25) is 0 Å². The molecule has 6 nitrogen and oxygen atoms in total. The summed E-state index contributed by atoms with van der Waals surface area (Å²) in [6, 6.07) is 14.5. The second-order valence-corrected chi connectivity index (χ2v) is 9.20. The highest BCUT2D eigenvalue weighted by Crippen LogP contribution is 2.44. The molecule has 2 aliphatic carbocycles. The van der Waals surface area contributed by atoms with Crippen molar-refractivity contribution in [2.45, 2.75) is 70.4 Å². The van der Waals surface area contributed by atoms with Gasteiger partial charge in [0.1, 0.15) is 11.9 Å². The first-order chi connectivity index (χ1) is 16.1. The molecule has 2 aliphatic rings. The molecule has 2 aromatic carbocycles. The molecule has 3 aromatic rings. The summed E-state index contributed by atoms with van der Waals surface area (Å²) < 4.78 is 13.7. The standard InChI is InChI=1S/C27H33N3O3/c1-2-32-22-15-16-23-24(17-22)30(20-7-3-4-8-20)26(25(23)28)18-11-13-19(14-12-18)29-27(31)33-21-9-5-6-10-21/h11-17,20-21H,2-10,28H2,1H3,(H,29,31). The molecular formula is C27H33N3O3. The molecule has 0 unspecified atom stereocenters. The summed E-state index contributed by atoms with van der Waals surface area (Å²) in [6.45, 7) is 2.63. The molecule has 3 N–H and O–H groups in total. The van der Waals surface area contributed by atoms with Crippen molar-refractivity contribution >= 4 is 28.4 Å². The Labute approximate surface area is 195 Å². The molecule has 0 bridgehead atoms. The minimum Gasteiger partial charge on any atom is -0.494 e. The predicted molar refractivity (Wildman–Crippen MR) is 133 cm³/mol. The number of amides is 1. The van der Waals surface area contributed by atoms with Crippen LogP contribution < -0.4 is 15.8 Å². The van der Waals surface area contributed by atoms with E-state index < -0.39 is 0 Å². The largest absolute Gasteiger partial charge is 0.494 e. The zero-order chi connectivity index (χ0) is 22.8. The average molecular weight is 448 g/mol. The molecule has 0 aliphatic heterocycles. The number of fused-ring (bicyclic) bond motifs is 1. The third-order valence-corrected chi connectivity index (χ3v) is 7.00. The summed E-state index contributed by atoms with van der Waals surface area (Å²) in [5.74, 6) is 0.869. The highest BCUT2D eigenvalue weighted by molar-refractivity contribution is 6.01. The van der Waals surface area contributed by atoms with Crippen LogP contribution in [0.25, 0.3) is 22.2 Å². The maximum absolute atomic E-state index is 12.2. The van der Waals surface area contributed by atoms with Crippen LogP contribution in [0.1, 0.15) is 64.3 Å². The van der Waals surface area contributed by atoms with Crippen LogP contribution in [-0.2, 0) is 4.74 Å². The van der Waals surface area contributed by atoms with Gasteiger partial charge < -0.3 is 19.8 Å². The molecule has 0 atom stereocenters. The number of aromatic nitrogens is 1. The van der Waals surface area contributed by atoms with E-state index in [2.05, 4.69) is 22.0 Å². The van der Waals surface area contributed by atoms with Gasteiger partial charge in [0.05, 0.1) is 23.5 Å². The number of ether oxygens (including phenoxy) is 2. The van der Waals surface area contributed by atoms with Gasteiger partial charge in [-0.3, -0.25) is 5.32 Å². The molecule has 1 heterocycles. The van der Waals surface area contributed by atoms with Crippen LogP contribution in [0, 0.1) is 0 Å². The van der Waals surface area contributed by atoms with Gasteiger partial charge in [0.25, 0.3) is 0 Å². The minimum atomic E-state index is -0.377. The zero-order valence-corrected chi connectivity index (χ0v) is 19.3. The van der Waals surface area contributed by atoms with E-state index in [-0.39, 0.29) is 12.2 Å². The fourth-order valence-electron chi connectivity index (χ4n) is 5.43. The lowest BCUT2D eigenvalue weighted by Gasteiger charge is -2.19. The normalized spacial score (nSPS) is 17.0. The van der Waals surface area contributed by atoms with Crippen LogP contribution >= 0.6 is 0 Å². The quantitative estimate of drug-likeness (QED) is 0.431. The van der Waals surface area contributed by atoms with E-state index >= 15 is 0 Å². The number of anilines is 2. The summed E-state index contributed by atoms with van der Waals surface area (Å²) >= 11 is 0. The van der Waals surface area contributed by atoms with Crippen molar-refractivity contribution in [1.29, 1.82) is 0 Å². The lowest BCUT2D eigenvalue weighted by atomic mass is 10.1. The molecule has 0 radical (unpaired) electrons. The number of nitrogens with one attached hydrogen (secondary N) is 1. The average Bonchev–Trinajstić information content (AvgIpc) is 3.56. The number of nitrogens with two attached hydrogens (primary N) is 1. The first-order valence-corrected chi connectivity index (χ1v) is 12.3. The Morgan fingerprint density at radius 3 is 2.42 bits per heavy atom. The third kappa shape index (κ3) is 4.39. The van der Waals surface area contributed by atoms with Crippen LogP contribution in [0.3, 0.4) is 0 Å². The predicted octanol–water partition coefficient (Wildman–Crippen LogP) is 6.90. The van der Waals surface area contributed by atoms with Crippen molar-refractivity contribution in [3.8, 4) is 17.0 Å². The summed E-state index contributed by atoms with van der Waals surface area (Å²) in [6.07, 6.45) is 8.64. The maximum atomic E-state index is 12.2. The van der Waals surface area contributed by atoms with Gasteiger partial charge in [0.15, 0.2) is 0 Å². The third-order valence-electron chi connectivity index (χ3n) is 7.00. The molecule has 0 spiro atoms. The number of nitrogens with zero attached hydrogens (tertiary/aromatic N) is 1. The number of hydrogen-bond acceptors (Lipinski definition) is 4. The summed E-state index contributed by atoms with van der Waals surface area (Å²) in [5, 5.41) is 3.92. The molecule has 1 aromatic heterocycles. The minimum absolute atomic E-state index is 0.0489. The Morgan fingerprint density at radius 2 is 1.73 bits per heavy atom. The molecule has 174 valence electrons. The molecule has 0 saturated heterocycles. The molecule has 33 heavy (non-hydrogen) atoms. The smallest absolute Gasteiger partial charge is 0.411 e. The maximum Gasteiger partial charge on any atom is 0.411 e. The van der Waals surface area contributed by atoms with Gasteiger partial charge >= 0.3 is 6.09 Å². The van der Waals surface area contributed by atoms with E-state index in [1.165, 1.54) is 12.8 Å². The number of rotatable bonds is 6. The number of nitrogen functional groups attached to an aromatic ring is 1. The van der Waals surface area contributed by atoms with E-state index in [1.54, 1.807) is 0 Å². The SMILES string of the molecule is CCOc1ccc2c(N)c(-c3ccc(NC(=O)OC4CCCC4)cc3)n(C3CCCC3)c2c1. The Bertz CT molecular complexity index is 1120. The Morgan fingerprint density at radius 1 is 1.03 bits per heavy atom. The topological polar surface area (TPSA) is 78.5 Å². The number of carbonyl (C=O) groups is 1. The zero-order valence-electron chi connectivity index (χ0n) is 19.3. The van der Waals surface area contributed by atoms with Crippen LogP contribution in [0.15, 0.2) is 42.5 Å². The van der Waals surface area contributed by atoms with E-state index in [9.17, 15) is 4.79 Å². The lowest BCUT2D eigenvalue weighted by Crippen LogP contribution is -2.20. The monoisotopic (exact) mass is 447 g/mol. The van der Waals surface area contributed by atoms with Crippen molar-refractivity contribution in [2.75, 3.05) is 17.7 Å². The Kier molecular flexibility index (Phi) is 6.16. The van der Waals surface area contributed by atoms with Gasteiger partial charge in [-0.2, -0.15) is 0 Å². The Balaban J connectivity index is 1.46.